The zero-order valence-electron chi connectivity index (χ0n) is 23.0. The van der Waals surface area contributed by atoms with E-state index in [1.54, 1.807) is 0 Å². The Morgan fingerprint density at radius 1 is 0.611 bits per heavy atom. The van der Waals surface area contributed by atoms with Crippen molar-refractivity contribution in [2.45, 2.75) is 111 Å². The summed E-state index contributed by atoms with van der Waals surface area (Å²) in [5, 5.41) is 0. The van der Waals surface area contributed by atoms with E-state index in [9.17, 15) is 0 Å². The van der Waals surface area contributed by atoms with E-state index in [1.165, 1.54) is 74.8 Å². The quantitative estimate of drug-likeness (QED) is 0.0791. The van der Waals surface area contributed by atoms with Crippen LogP contribution in [-0.2, 0) is 22.9 Å². The normalized spacial score (nSPS) is 12.2. The monoisotopic (exact) mass is 530 g/mol. The van der Waals surface area contributed by atoms with Crippen molar-refractivity contribution in [3.8, 4) is 0 Å². The van der Waals surface area contributed by atoms with Crippen LogP contribution in [-0.4, -0.2) is 11.4 Å². The van der Waals surface area contributed by atoms with Crippen molar-refractivity contribution in [3.63, 3.8) is 0 Å². The predicted octanol–water partition coefficient (Wildman–Crippen LogP) is 10.8. The van der Waals surface area contributed by atoms with E-state index in [1.807, 2.05) is 0 Å². The summed E-state index contributed by atoms with van der Waals surface area (Å²) in [5.74, 6) is 0. The molecule has 0 saturated heterocycles. The Hall–Kier alpha value is -1.99. The standard InChI is InChI=1S/C33H48N2.Ni/c1-4-7-10-11-12-13-14-17-22-29-23-20-21-27-31(29)35-33(26-9-6-3)32(28-16-8-5-2)34-30-24-18-15-19-25-30;/h12-13,15,18-21,23-25,27H,4-11,14,16-17,22,26,28H2,1-3H3;/b13-12+,34-32+,35-33+;. The van der Waals surface area contributed by atoms with E-state index in [4.69, 9.17) is 9.98 Å². The second-order valence-electron chi connectivity index (χ2n) is 9.50. The van der Waals surface area contributed by atoms with E-state index in [-0.39, 0.29) is 16.5 Å². The fourth-order valence-corrected chi connectivity index (χ4v) is 4.21. The van der Waals surface area contributed by atoms with Gasteiger partial charge in [-0.25, -0.2) is 0 Å². The minimum Gasteiger partial charge on any atom is -0.252 e. The Labute approximate surface area is 231 Å². The molecule has 0 aromatic heterocycles. The number of aryl methyl sites for hydroxylation is 1. The molecule has 0 bridgehead atoms. The van der Waals surface area contributed by atoms with E-state index >= 15 is 0 Å². The molecule has 2 aromatic carbocycles. The van der Waals surface area contributed by atoms with Gasteiger partial charge in [-0.2, -0.15) is 0 Å². The largest absolute Gasteiger partial charge is 0.252 e. The van der Waals surface area contributed by atoms with Gasteiger partial charge in [-0.05, 0) is 81.5 Å². The molecule has 0 spiro atoms. The maximum atomic E-state index is 5.29. The van der Waals surface area contributed by atoms with Crippen LogP contribution < -0.4 is 0 Å². The van der Waals surface area contributed by atoms with Crippen LogP contribution in [0.5, 0.6) is 0 Å². The van der Waals surface area contributed by atoms with Gasteiger partial charge in [0.15, 0.2) is 0 Å². The number of unbranched alkanes of at least 4 members (excludes halogenated alkanes) is 7. The molecule has 0 heterocycles. The molecule has 0 unspecified atom stereocenters. The third-order valence-corrected chi connectivity index (χ3v) is 6.34. The molecule has 0 aliphatic heterocycles. The molecule has 0 fully saturated rings. The van der Waals surface area contributed by atoms with E-state index in [2.05, 4.69) is 87.5 Å². The average molecular weight is 531 g/mol. The molecule has 36 heavy (non-hydrogen) atoms. The van der Waals surface area contributed by atoms with Crippen molar-refractivity contribution in [1.29, 1.82) is 0 Å². The van der Waals surface area contributed by atoms with E-state index in [0.717, 1.165) is 43.5 Å². The molecule has 2 nitrogen and oxygen atoms in total. The van der Waals surface area contributed by atoms with Crippen LogP contribution >= 0.6 is 0 Å². The Morgan fingerprint density at radius 3 is 1.92 bits per heavy atom. The average Bonchev–Trinajstić information content (AvgIpc) is 2.89. The van der Waals surface area contributed by atoms with Crippen molar-refractivity contribution in [2.75, 3.05) is 0 Å². The zero-order valence-corrected chi connectivity index (χ0v) is 23.9. The fraction of sp³-hybridized carbons (Fsp3) is 0.515. The minimum absolute atomic E-state index is 0. The van der Waals surface area contributed by atoms with Gasteiger partial charge in [-0.15, -0.1) is 0 Å². The number of hydrogen-bond donors (Lipinski definition) is 0. The first-order chi connectivity index (χ1) is 17.3. The van der Waals surface area contributed by atoms with Crippen molar-refractivity contribution < 1.29 is 16.5 Å². The molecule has 2 aromatic rings. The molecule has 3 heteroatoms. The first kappa shape index (κ1) is 32.0. The summed E-state index contributed by atoms with van der Waals surface area (Å²) in [4.78, 5) is 10.4. The van der Waals surface area contributed by atoms with Crippen LogP contribution in [0.3, 0.4) is 0 Å². The van der Waals surface area contributed by atoms with Crippen molar-refractivity contribution in [3.05, 3.63) is 72.3 Å². The third-order valence-electron chi connectivity index (χ3n) is 6.34. The van der Waals surface area contributed by atoms with Crippen LogP contribution in [0, 0.1) is 0 Å². The molecular weight excluding hydrogens is 483 g/mol. The molecule has 200 valence electrons. The van der Waals surface area contributed by atoms with E-state index in [0.29, 0.717) is 0 Å². The molecule has 0 atom stereocenters. The van der Waals surface area contributed by atoms with Crippen LogP contribution in [0.4, 0.5) is 11.4 Å². The number of allylic oxidation sites excluding steroid dienone is 2. The van der Waals surface area contributed by atoms with Crippen molar-refractivity contribution in [2.24, 2.45) is 9.98 Å². The van der Waals surface area contributed by atoms with Crippen LogP contribution in [0.1, 0.15) is 110 Å². The maximum absolute atomic E-state index is 5.29. The Bertz CT molecular complexity index is 899. The van der Waals surface area contributed by atoms with Gasteiger partial charge in [0.2, 0.25) is 0 Å². The topological polar surface area (TPSA) is 24.7 Å². The number of hydrogen-bond acceptors (Lipinski definition) is 2. The van der Waals surface area contributed by atoms with Crippen molar-refractivity contribution in [1.82, 2.24) is 0 Å². The van der Waals surface area contributed by atoms with Gasteiger partial charge in [-0.3, -0.25) is 9.98 Å². The molecule has 0 N–H and O–H groups in total. The van der Waals surface area contributed by atoms with Gasteiger partial charge >= 0.3 is 0 Å². The summed E-state index contributed by atoms with van der Waals surface area (Å²) in [6, 6.07) is 19.1. The Balaban J connectivity index is 0.00000648. The van der Waals surface area contributed by atoms with Crippen LogP contribution in [0.15, 0.2) is 76.7 Å². The smallest absolute Gasteiger partial charge is 0.0665 e. The van der Waals surface area contributed by atoms with Crippen molar-refractivity contribution >= 4 is 22.8 Å². The molecule has 2 rings (SSSR count). The summed E-state index contributed by atoms with van der Waals surface area (Å²) >= 11 is 0. The minimum atomic E-state index is 0. The second-order valence-corrected chi connectivity index (χ2v) is 9.50. The molecule has 0 radical (unpaired) electrons. The van der Waals surface area contributed by atoms with Crippen LogP contribution in [0.2, 0.25) is 0 Å². The van der Waals surface area contributed by atoms with Gasteiger partial charge in [-0.1, -0.05) is 101 Å². The number of aliphatic imine (C=N–C) groups is 2. The Morgan fingerprint density at radius 2 is 1.19 bits per heavy atom. The van der Waals surface area contributed by atoms with Gasteiger partial charge in [0.1, 0.15) is 0 Å². The molecule has 0 aliphatic carbocycles. The first-order valence-corrected chi connectivity index (χ1v) is 14.2. The van der Waals surface area contributed by atoms with Gasteiger partial charge in [0.05, 0.1) is 22.8 Å². The predicted molar refractivity (Wildman–Crippen MR) is 157 cm³/mol. The summed E-state index contributed by atoms with van der Waals surface area (Å²) in [6.45, 7) is 6.78. The fourth-order valence-electron chi connectivity index (χ4n) is 4.21. The molecular formula is C33H48N2Ni. The van der Waals surface area contributed by atoms with Gasteiger partial charge in [0.25, 0.3) is 0 Å². The summed E-state index contributed by atoms with van der Waals surface area (Å²) in [7, 11) is 0. The molecule has 0 amide bonds. The van der Waals surface area contributed by atoms with Crippen LogP contribution in [0.25, 0.3) is 0 Å². The molecule has 0 aliphatic rings. The number of rotatable bonds is 18. The summed E-state index contributed by atoms with van der Waals surface area (Å²) in [6.07, 6.45) is 21.2. The zero-order chi connectivity index (χ0) is 25.0. The summed E-state index contributed by atoms with van der Waals surface area (Å²) in [5.41, 5.74) is 5.86. The number of para-hydroxylation sites is 2. The summed E-state index contributed by atoms with van der Waals surface area (Å²) < 4.78 is 0. The SMILES string of the molecule is CCCCC/C=C/CCCc1ccccc1/N=C(CCCC)/C(CCCCC)=N/c1ccccc1.[Ni]. The third kappa shape index (κ3) is 13.4. The second kappa shape index (κ2) is 21.1. The number of benzene rings is 2. The molecule has 0 saturated carbocycles. The van der Waals surface area contributed by atoms with Gasteiger partial charge < -0.3 is 0 Å². The van der Waals surface area contributed by atoms with Gasteiger partial charge in [0, 0.05) is 16.5 Å². The number of nitrogens with zero attached hydrogens (tertiary/aromatic N) is 2. The van der Waals surface area contributed by atoms with E-state index < -0.39 is 0 Å². The maximum Gasteiger partial charge on any atom is 0.0665 e. The Kier molecular flexibility index (Phi) is 18.8. The first-order valence-electron chi connectivity index (χ1n) is 14.2.